The number of anilines is 1. The van der Waals surface area contributed by atoms with Crippen molar-refractivity contribution in [1.82, 2.24) is 9.55 Å². The number of alkyl halides is 1. The van der Waals surface area contributed by atoms with Crippen molar-refractivity contribution in [2.45, 2.75) is 6.54 Å². The third kappa shape index (κ3) is 3.94. The van der Waals surface area contributed by atoms with Gasteiger partial charge in [0.1, 0.15) is 5.82 Å². The fourth-order valence-electron chi connectivity index (χ4n) is 2.40. The number of carbonyl (C=O) groups is 1. The van der Waals surface area contributed by atoms with E-state index in [0.29, 0.717) is 23.9 Å². The van der Waals surface area contributed by atoms with E-state index in [0.717, 1.165) is 11.0 Å². The molecule has 3 rings (SSSR count). The van der Waals surface area contributed by atoms with Gasteiger partial charge >= 0.3 is 0 Å². The second kappa shape index (κ2) is 8.26. The van der Waals surface area contributed by atoms with Crippen molar-refractivity contribution in [3.63, 3.8) is 0 Å². The fourth-order valence-corrected chi connectivity index (χ4v) is 2.49. The average Bonchev–Trinajstić information content (AvgIpc) is 2.91. The third-order valence-corrected chi connectivity index (χ3v) is 3.69. The van der Waals surface area contributed by atoms with E-state index in [2.05, 4.69) is 10.3 Å². The summed E-state index contributed by atoms with van der Waals surface area (Å²) >= 11 is 5.72. The van der Waals surface area contributed by atoms with Crippen LogP contribution in [0.25, 0.3) is 11.0 Å². The summed E-state index contributed by atoms with van der Waals surface area (Å²) in [4.78, 5) is 17.0. The molecule has 1 heterocycles. The molecule has 0 bridgehead atoms. The van der Waals surface area contributed by atoms with Crippen LogP contribution >= 0.6 is 28.6 Å². The quantitative estimate of drug-likeness (QED) is 0.485. The number of halogens is 3. The number of nitrogens with zero attached hydrogens (tertiary/aromatic N) is 2. The van der Waals surface area contributed by atoms with Gasteiger partial charge in [-0.3, -0.25) is 4.79 Å². The lowest BCUT2D eigenvalue weighted by Crippen LogP contribution is -2.15. The Labute approximate surface area is 154 Å². The number of imidazole rings is 1. The molecule has 0 fully saturated rings. The zero-order valence-electron chi connectivity index (χ0n) is 12.7. The topological polar surface area (TPSA) is 46.9 Å². The van der Waals surface area contributed by atoms with E-state index in [9.17, 15) is 9.18 Å². The summed E-state index contributed by atoms with van der Waals surface area (Å²) in [6.07, 6.45) is 0. The number of rotatable bonds is 6. The van der Waals surface area contributed by atoms with Crippen molar-refractivity contribution in [3.05, 3.63) is 59.9 Å². The highest BCUT2D eigenvalue weighted by Crippen LogP contribution is 2.20. The second-order valence-electron chi connectivity index (χ2n) is 5.06. The maximum Gasteiger partial charge on any atom is 0.204 e. The summed E-state index contributed by atoms with van der Waals surface area (Å²) < 4.78 is 14.8. The maximum absolute atomic E-state index is 13.0. The summed E-state index contributed by atoms with van der Waals surface area (Å²) in [6, 6.07) is 13.1. The normalized spacial score (nSPS) is 10.4. The van der Waals surface area contributed by atoms with Crippen LogP contribution in [0.4, 0.5) is 10.3 Å². The van der Waals surface area contributed by atoms with Crippen LogP contribution < -0.4 is 5.32 Å². The fraction of sp³-hybridized carbons (Fsp3) is 0.176. The minimum absolute atomic E-state index is 0. The number of ketones is 1. The molecule has 3 aromatic rings. The lowest BCUT2D eigenvalue weighted by molar-refractivity contribution is 0.0974. The van der Waals surface area contributed by atoms with Crippen LogP contribution in [0.3, 0.4) is 0 Å². The molecule has 0 aliphatic rings. The van der Waals surface area contributed by atoms with Crippen molar-refractivity contribution in [3.8, 4) is 0 Å². The first-order chi connectivity index (χ1) is 11.2. The van der Waals surface area contributed by atoms with E-state index in [1.165, 1.54) is 24.3 Å². The Morgan fingerprint density at radius 3 is 2.58 bits per heavy atom. The first-order valence-electron chi connectivity index (χ1n) is 7.23. The highest BCUT2D eigenvalue weighted by molar-refractivity contribution is 8.93. The Morgan fingerprint density at radius 2 is 1.88 bits per heavy atom. The van der Waals surface area contributed by atoms with Gasteiger partial charge in [-0.2, -0.15) is 0 Å². The molecule has 0 radical (unpaired) electrons. The number of benzene rings is 2. The predicted molar refractivity (Wildman–Crippen MR) is 100.0 cm³/mol. The van der Waals surface area contributed by atoms with Crippen LogP contribution in [0.2, 0.25) is 0 Å². The zero-order chi connectivity index (χ0) is 16.2. The lowest BCUT2D eigenvalue weighted by Gasteiger charge is -2.09. The van der Waals surface area contributed by atoms with Crippen LogP contribution in [0.5, 0.6) is 0 Å². The minimum atomic E-state index is -0.362. The number of hydrogen-bond acceptors (Lipinski definition) is 3. The van der Waals surface area contributed by atoms with Gasteiger partial charge in [-0.1, -0.05) is 12.1 Å². The maximum atomic E-state index is 13.0. The van der Waals surface area contributed by atoms with E-state index in [1.54, 1.807) is 0 Å². The van der Waals surface area contributed by atoms with Gasteiger partial charge in [0.25, 0.3) is 0 Å². The Kier molecular flexibility index (Phi) is 6.34. The van der Waals surface area contributed by atoms with Crippen molar-refractivity contribution < 1.29 is 9.18 Å². The molecule has 0 saturated carbocycles. The molecular formula is C17H16BrClFN3O. The molecule has 0 spiro atoms. The lowest BCUT2D eigenvalue weighted by atomic mass is 10.1. The van der Waals surface area contributed by atoms with Crippen molar-refractivity contribution in [1.29, 1.82) is 0 Å². The van der Waals surface area contributed by atoms with Gasteiger partial charge < -0.3 is 9.88 Å². The summed E-state index contributed by atoms with van der Waals surface area (Å²) in [6.45, 7) is 0.673. The van der Waals surface area contributed by atoms with Gasteiger partial charge in [0.15, 0.2) is 5.78 Å². The minimum Gasteiger partial charge on any atom is -0.354 e. The first kappa shape index (κ1) is 18.4. The molecule has 7 heteroatoms. The van der Waals surface area contributed by atoms with Gasteiger partial charge in [-0.05, 0) is 36.4 Å². The highest BCUT2D eigenvalue weighted by atomic mass is 79.9. The molecule has 126 valence electrons. The third-order valence-electron chi connectivity index (χ3n) is 3.50. The van der Waals surface area contributed by atoms with Gasteiger partial charge in [0, 0.05) is 18.0 Å². The second-order valence-corrected chi connectivity index (χ2v) is 5.43. The predicted octanol–water partition coefficient (Wildman–Crippen LogP) is 4.29. The molecule has 2 aromatic carbocycles. The average molecular weight is 413 g/mol. The van der Waals surface area contributed by atoms with E-state index in [-0.39, 0.29) is 35.1 Å². The summed E-state index contributed by atoms with van der Waals surface area (Å²) in [5, 5.41) is 3.13. The zero-order valence-corrected chi connectivity index (χ0v) is 15.2. The largest absolute Gasteiger partial charge is 0.354 e. The number of hydrogen-bond donors (Lipinski definition) is 1. The van der Waals surface area contributed by atoms with Crippen LogP contribution in [0.1, 0.15) is 10.4 Å². The Hall–Kier alpha value is -1.92. The molecule has 0 amide bonds. The smallest absolute Gasteiger partial charge is 0.204 e. The molecule has 0 aliphatic heterocycles. The summed E-state index contributed by atoms with van der Waals surface area (Å²) in [5.41, 5.74) is 2.13. The molecule has 0 saturated heterocycles. The van der Waals surface area contributed by atoms with E-state index in [4.69, 9.17) is 11.6 Å². The number of carbonyl (C=O) groups excluding carboxylic acids is 1. The molecule has 4 nitrogen and oxygen atoms in total. The Bertz CT molecular complexity index is 835. The first-order valence-corrected chi connectivity index (χ1v) is 7.76. The number of Topliss-reactive ketones (excluding diaryl/α,β-unsaturated/α-hetero) is 1. The van der Waals surface area contributed by atoms with Crippen LogP contribution in [0, 0.1) is 5.82 Å². The molecule has 1 N–H and O–H groups in total. The Balaban J connectivity index is 0.00000208. The number of para-hydroxylation sites is 2. The molecule has 1 aromatic heterocycles. The van der Waals surface area contributed by atoms with Gasteiger partial charge in [-0.15, -0.1) is 28.6 Å². The van der Waals surface area contributed by atoms with E-state index >= 15 is 0 Å². The summed E-state index contributed by atoms with van der Waals surface area (Å²) in [5.74, 6) is 0.568. The van der Waals surface area contributed by atoms with Crippen molar-refractivity contribution in [2.24, 2.45) is 0 Å². The van der Waals surface area contributed by atoms with E-state index in [1.807, 2.05) is 28.8 Å². The number of fused-ring (bicyclic) bond motifs is 1. The highest BCUT2D eigenvalue weighted by Gasteiger charge is 2.14. The standard InChI is InChI=1S/C17H15ClFN3O.BrH/c18-9-10-20-17-21-14-3-1-2-4-15(14)22(17)11-16(23)12-5-7-13(19)8-6-12;/h1-8H,9-11H2,(H,20,21);1H. The number of nitrogens with one attached hydrogen (secondary N) is 1. The van der Waals surface area contributed by atoms with Gasteiger partial charge in [-0.25, -0.2) is 9.37 Å². The SMILES string of the molecule is Br.O=C(Cn1c(NCCCl)nc2ccccc21)c1ccc(F)cc1. The van der Waals surface area contributed by atoms with Gasteiger partial charge in [0.05, 0.1) is 17.6 Å². The van der Waals surface area contributed by atoms with Crippen LogP contribution in [-0.4, -0.2) is 27.8 Å². The molecule has 0 aliphatic carbocycles. The van der Waals surface area contributed by atoms with Crippen LogP contribution in [-0.2, 0) is 6.54 Å². The number of aromatic nitrogens is 2. The van der Waals surface area contributed by atoms with Crippen molar-refractivity contribution in [2.75, 3.05) is 17.7 Å². The summed E-state index contributed by atoms with van der Waals surface area (Å²) in [7, 11) is 0. The van der Waals surface area contributed by atoms with Gasteiger partial charge in [0.2, 0.25) is 5.95 Å². The van der Waals surface area contributed by atoms with Crippen LogP contribution in [0.15, 0.2) is 48.5 Å². The van der Waals surface area contributed by atoms with Crippen molar-refractivity contribution >= 4 is 51.3 Å². The molecule has 0 unspecified atom stereocenters. The Morgan fingerprint density at radius 1 is 1.17 bits per heavy atom. The molecular weight excluding hydrogens is 397 g/mol. The molecule has 24 heavy (non-hydrogen) atoms. The monoisotopic (exact) mass is 411 g/mol. The molecule has 0 atom stereocenters. The van der Waals surface area contributed by atoms with E-state index < -0.39 is 0 Å².